The molecule has 0 radical (unpaired) electrons. The average molecular weight is 242 g/mol. The Kier molecular flexibility index (Phi) is 5.92. The van der Waals surface area contributed by atoms with E-state index in [1.165, 1.54) is 12.8 Å². The molecule has 17 heavy (non-hydrogen) atoms. The van der Waals surface area contributed by atoms with E-state index in [1.54, 1.807) is 0 Å². The second kappa shape index (κ2) is 6.97. The van der Waals surface area contributed by atoms with Crippen molar-refractivity contribution in [3.8, 4) is 0 Å². The Hall–Kier alpha value is -0.610. The summed E-state index contributed by atoms with van der Waals surface area (Å²) in [5.74, 6) is 0.0944. The molecule has 4 nitrogen and oxygen atoms in total. The molecule has 1 aliphatic carbocycles. The summed E-state index contributed by atoms with van der Waals surface area (Å²) in [4.78, 5) is 11.4. The Labute approximate surface area is 104 Å². The van der Waals surface area contributed by atoms with Gasteiger partial charge in [0.2, 0.25) is 5.91 Å². The molecule has 1 aliphatic rings. The van der Waals surface area contributed by atoms with E-state index in [-0.39, 0.29) is 24.0 Å². The van der Waals surface area contributed by atoms with Crippen molar-refractivity contribution in [1.29, 1.82) is 0 Å². The van der Waals surface area contributed by atoms with Crippen LogP contribution in [0.4, 0.5) is 0 Å². The van der Waals surface area contributed by atoms with E-state index in [0.717, 1.165) is 19.4 Å². The maximum Gasteiger partial charge on any atom is 0.221 e. The lowest BCUT2D eigenvalue weighted by molar-refractivity contribution is -0.121. The van der Waals surface area contributed by atoms with Crippen LogP contribution in [0.2, 0.25) is 0 Å². The van der Waals surface area contributed by atoms with Gasteiger partial charge >= 0.3 is 0 Å². The first-order chi connectivity index (χ1) is 8.08. The minimum absolute atomic E-state index is 0.0779. The van der Waals surface area contributed by atoms with Crippen LogP contribution in [0.3, 0.4) is 0 Å². The third kappa shape index (κ3) is 5.04. The van der Waals surface area contributed by atoms with Gasteiger partial charge in [-0.2, -0.15) is 0 Å². The number of aliphatic hydroxyl groups is 1. The van der Waals surface area contributed by atoms with Gasteiger partial charge in [-0.15, -0.1) is 0 Å². The van der Waals surface area contributed by atoms with Crippen LogP contribution in [0.5, 0.6) is 0 Å². The van der Waals surface area contributed by atoms with Gasteiger partial charge in [-0.05, 0) is 26.7 Å². The molecule has 0 aromatic rings. The molecule has 1 amide bonds. The van der Waals surface area contributed by atoms with E-state index < -0.39 is 0 Å². The first kappa shape index (κ1) is 14.5. The van der Waals surface area contributed by atoms with Gasteiger partial charge in [-0.25, -0.2) is 0 Å². The number of hydrogen-bond donors (Lipinski definition) is 3. The number of hydrogen-bond acceptors (Lipinski definition) is 3. The summed E-state index contributed by atoms with van der Waals surface area (Å²) in [6, 6.07) is 0.209. The van der Waals surface area contributed by atoms with Gasteiger partial charge in [-0.3, -0.25) is 4.79 Å². The number of carbonyl (C=O) groups is 1. The van der Waals surface area contributed by atoms with Crippen LogP contribution in [0.15, 0.2) is 0 Å². The number of amides is 1. The second-order valence-electron chi connectivity index (χ2n) is 5.51. The summed E-state index contributed by atoms with van der Waals surface area (Å²) in [7, 11) is 0. The molecule has 4 heteroatoms. The molecule has 1 saturated carbocycles. The molecule has 0 unspecified atom stereocenters. The Balaban J connectivity index is 2.13. The lowest BCUT2D eigenvalue weighted by atomic mass is 9.87. The van der Waals surface area contributed by atoms with E-state index in [0.29, 0.717) is 13.0 Å². The fourth-order valence-electron chi connectivity index (χ4n) is 2.47. The molecule has 100 valence electrons. The highest BCUT2D eigenvalue weighted by Crippen LogP contribution is 2.36. The van der Waals surface area contributed by atoms with E-state index in [1.807, 2.05) is 13.8 Å². The Morgan fingerprint density at radius 1 is 1.35 bits per heavy atom. The molecule has 0 bridgehead atoms. The third-order valence-corrected chi connectivity index (χ3v) is 3.48. The predicted octanol–water partition coefficient (Wildman–Crippen LogP) is 1.04. The standard InChI is InChI=1S/C13H26N2O2/c1-11(2)15-12(17)5-8-14-9-13(10-16)6-3-4-7-13/h11,14,16H,3-10H2,1-2H3,(H,15,17). The van der Waals surface area contributed by atoms with Crippen LogP contribution in [0, 0.1) is 5.41 Å². The van der Waals surface area contributed by atoms with Crippen LogP contribution in [0.25, 0.3) is 0 Å². The maximum absolute atomic E-state index is 11.4. The molecule has 3 N–H and O–H groups in total. The van der Waals surface area contributed by atoms with Crippen LogP contribution in [0.1, 0.15) is 46.0 Å². The van der Waals surface area contributed by atoms with Gasteiger partial charge in [0.05, 0.1) is 0 Å². The monoisotopic (exact) mass is 242 g/mol. The first-order valence-electron chi connectivity index (χ1n) is 6.69. The smallest absolute Gasteiger partial charge is 0.221 e. The van der Waals surface area contributed by atoms with Crippen molar-refractivity contribution in [3.05, 3.63) is 0 Å². The highest BCUT2D eigenvalue weighted by atomic mass is 16.3. The van der Waals surface area contributed by atoms with Crippen molar-refractivity contribution in [1.82, 2.24) is 10.6 Å². The molecule has 0 aromatic carbocycles. The van der Waals surface area contributed by atoms with Gasteiger partial charge in [0.1, 0.15) is 0 Å². The fraction of sp³-hybridized carbons (Fsp3) is 0.923. The molecule has 0 heterocycles. The zero-order chi connectivity index (χ0) is 12.7. The summed E-state index contributed by atoms with van der Waals surface area (Å²) >= 11 is 0. The van der Waals surface area contributed by atoms with Crippen molar-refractivity contribution in [3.63, 3.8) is 0 Å². The predicted molar refractivity (Wildman–Crippen MR) is 68.8 cm³/mol. The van der Waals surface area contributed by atoms with Crippen molar-refractivity contribution >= 4 is 5.91 Å². The van der Waals surface area contributed by atoms with Crippen molar-refractivity contribution < 1.29 is 9.90 Å². The zero-order valence-corrected chi connectivity index (χ0v) is 11.1. The largest absolute Gasteiger partial charge is 0.396 e. The number of nitrogens with one attached hydrogen (secondary N) is 2. The molecule has 1 fully saturated rings. The first-order valence-corrected chi connectivity index (χ1v) is 6.69. The van der Waals surface area contributed by atoms with Gasteiger partial charge < -0.3 is 15.7 Å². The molecule has 0 aliphatic heterocycles. The van der Waals surface area contributed by atoms with Gasteiger partial charge in [0.15, 0.2) is 0 Å². The molecular formula is C13H26N2O2. The quantitative estimate of drug-likeness (QED) is 0.585. The molecular weight excluding hydrogens is 216 g/mol. The number of rotatable bonds is 7. The fourth-order valence-corrected chi connectivity index (χ4v) is 2.47. The average Bonchev–Trinajstić information content (AvgIpc) is 2.73. The molecule has 0 spiro atoms. The normalized spacial score (nSPS) is 18.6. The topological polar surface area (TPSA) is 61.4 Å². The van der Waals surface area contributed by atoms with E-state index in [9.17, 15) is 9.90 Å². The van der Waals surface area contributed by atoms with Crippen LogP contribution >= 0.6 is 0 Å². The van der Waals surface area contributed by atoms with Crippen LogP contribution < -0.4 is 10.6 Å². The Morgan fingerprint density at radius 3 is 2.53 bits per heavy atom. The third-order valence-electron chi connectivity index (χ3n) is 3.48. The van der Waals surface area contributed by atoms with Gasteiger partial charge in [0.25, 0.3) is 0 Å². The molecule has 1 rings (SSSR count). The highest BCUT2D eigenvalue weighted by molar-refractivity contribution is 5.76. The summed E-state index contributed by atoms with van der Waals surface area (Å²) in [6.45, 7) is 5.71. The van der Waals surface area contributed by atoms with Crippen molar-refractivity contribution in [2.75, 3.05) is 19.7 Å². The van der Waals surface area contributed by atoms with Crippen molar-refractivity contribution in [2.45, 2.75) is 52.0 Å². The molecule has 0 aromatic heterocycles. The maximum atomic E-state index is 11.4. The molecule has 0 atom stereocenters. The summed E-state index contributed by atoms with van der Waals surface area (Å²) in [5, 5.41) is 15.6. The summed E-state index contributed by atoms with van der Waals surface area (Å²) in [5.41, 5.74) is 0.0779. The number of carbonyl (C=O) groups excluding carboxylic acids is 1. The SMILES string of the molecule is CC(C)NC(=O)CCNCC1(CO)CCCC1. The lowest BCUT2D eigenvalue weighted by Crippen LogP contribution is -2.38. The molecule has 0 saturated heterocycles. The number of aliphatic hydroxyl groups excluding tert-OH is 1. The Bertz CT molecular complexity index is 236. The van der Waals surface area contributed by atoms with Crippen LogP contribution in [-0.4, -0.2) is 36.8 Å². The van der Waals surface area contributed by atoms with Gasteiger partial charge in [0, 0.05) is 37.6 Å². The zero-order valence-electron chi connectivity index (χ0n) is 11.1. The second-order valence-corrected chi connectivity index (χ2v) is 5.51. The summed E-state index contributed by atoms with van der Waals surface area (Å²) < 4.78 is 0. The minimum atomic E-state index is 0.0779. The van der Waals surface area contributed by atoms with E-state index in [2.05, 4.69) is 10.6 Å². The van der Waals surface area contributed by atoms with E-state index >= 15 is 0 Å². The highest BCUT2D eigenvalue weighted by Gasteiger charge is 2.32. The van der Waals surface area contributed by atoms with Crippen molar-refractivity contribution in [2.24, 2.45) is 5.41 Å². The van der Waals surface area contributed by atoms with Gasteiger partial charge in [-0.1, -0.05) is 12.8 Å². The lowest BCUT2D eigenvalue weighted by Gasteiger charge is -2.26. The van der Waals surface area contributed by atoms with E-state index in [4.69, 9.17) is 0 Å². The van der Waals surface area contributed by atoms with Crippen LogP contribution in [-0.2, 0) is 4.79 Å². The Morgan fingerprint density at radius 2 is 2.00 bits per heavy atom. The minimum Gasteiger partial charge on any atom is -0.396 e. The summed E-state index contributed by atoms with van der Waals surface area (Å²) in [6.07, 6.45) is 5.16.